The van der Waals surface area contributed by atoms with Gasteiger partial charge >= 0.3 is 0 Å². The zero-order chi connectivity index (χ0) is 11.7. The molecule has 0 aliphatic rings. The third-order valence-electron chi connectivity index (χ3n) is 2.95. The topological polar surface area (TPSA) is 20.2 Å². The van der Waals surface area contributed by atoms with Gasteiger partial charge in [0.25, 0.3) is 0 Å². The average Bonchev–Trinajstić information content (AvgIpc) is 1.99. The van der Waals surface area contributed by atoms with Gasteiger partial charge in [-0.1, -0.05) is 33.8 Å². The lowest BCUT2D eigenvalue weighted by Gasteiger charge is -2.20. The number of hydrogen-bond acceptors (Lipinski definition) is 1. The van der Waals surface area contributed by atoms with Gasteiger partial charge in [0.15, 0.2) is 0 Å². The molecule has 0 aromatic heterocycles. The number of rotatable bonds is 2. The highest BCUT2D eigenvalue weighted by molar-refractivity contribution is 5.52. The van der Waals surface area contributed by atoms with Crippen LogP contribution in [0.2, 0.25) is 0 Å². The van der Waals surface area contributed by atoms with Crippen LogP contribution in [0.3, 0.4) is 0 Å². The van der Waals surface area contributed by atoms with E-state index in [4.69, 9.17) is 0 Å². The number of benzene rings is 1. The molecule has 0 saturated heterocycles. The van der Waals surface area contributed by atoms with Crippen LogP contribution in [-0.4, -0.2) is 5.11 Å². The van der Waals surface area contributed by atoms with Crippen LogP contribution >= 0.6 is 0 Å². The summed E-state index contributed by atoms with van der Waals surface area (Å²) in [6, 6.07) is 2.18. The normalized spacial score (nSPS) is 11.5. The summed E-state index contributed by atoms with van der Waals surface area (Å²) in [7, 11) is 0. The average molecular weight is 206 g/mol. The smallest absolute Gasteiger partial charge is 0.123 e. The zero-order valence-electron chi connectivity index (χ0n) is 10.7. The number of aromatic hydroxyl groups is 1. The highest BCUT2D eigenvalue weighted by Crippen LogP contribution is 2.37. The summed E-state index contributed by atoms with van der Waals surface area (Å²) in [6.07, 6.45) is 0. The van der Waals surface area contributed by atoms with Gasteiger partial charge in [-0.2, -0.15) is 0 Å². The minimum atomic E-state index is 0.378. The van der Waals surface area contributed by atoms with Crippen LogP contribution in [0.25, 0.3) is 0 Å². The van der Waals surface area contributed by atoms with E-state index in [0.717, 1.165) is 11.1 Å². The van der Waals surface area contributed by atoms with E-state index >= 15 is 0 Å². The molecule has 1 N–H and O–H groups in total. The molecule has 0 aliphatic heterocycles. The molecule has 1 nitrogen and oxygen atoms in total. The first-order valence-corrected chi connectivity index (χ1v) is 5.69. The van der Waals surface area contributed by atoms with E-state index in [0.29, 0.717) is 17.6 Å². The predicted molar refractivity (Wildman–Crippen MR) is 65.8 cm³/mol. The number of aryl methyl sites for hydroxylation is 2. The van der Waals surface area contributed by atoms with Gasteiger partial charge < -0.3 is 5.11 Å². The molecule has 0 unspecified atom stereocenters. The van der Waals surface area contributed by atoms with Crippen molar-refractivity contribution in [1.29, 1.82) is 0 Å². The SMILES string of the molecule is Cc1cc(C)c(C(C)C)c(O)c1C(C)C. The van der Waals surface area contributed by atoms with Crippen molar-refractivity contribution in [3.05, 3.63) is 28.3 Å². The van der Waals surface area contributed by atoms with Gasteiger partial charge in [0, 0.05) is 0 Å². The molecule has 1 aromatic carbocycles. The van der Waals surface area contributed by atoms with Gasteiger partial charge in [0.2, 0.25) is 0 Å². The fourth-order valence-corrected chi connectivity index (χ4v) is 2.46. The Labute approximate surface area is 93.1 Å². The molecule has 0 fully saturated rings. The van der Waals surface area contributed by atoms with Crippen LogP contribution in [0.4, 0.5) is 0 Å². The first kappa shape index (κ1) is 12.1. The molecule has 0 spiro atoms. The number of hydrogen-bond donors (Lipinski definition) is 1. The highest BCUT2D eigenvalue weighted by Gasteiger charge is 2.17. The monoisotopic (exact) mass is 206 g/mol. The molecular weight excluding hydrogens is 184 g/mol. The summed E-state index contributed by atoms with van der Waals surface area (Å²) in [5, 5.41) is 10.3. The molecule has 0 aliphatic carbocycles. The van der Waals surface area contributed by atoms with E-state index in [1.807, 2.05) is 0 Å². The number of phenols is 1. The van der Waals surface area contributed by atoms with Gasteiger partial charge in [-0.05, 0) is 47.9 Å². The van der Waals surface area contributed by atoms with Crippen molar-refractivity contribution in [1.82, 2.24) is 0 Å². The lowest BCUT2D eigenvalue weighted by Crippen LogP contribution is -2.01. The Morgan fingerprint density at radius 1 is 0.867 bits per heavy atom. The summed E-state index contributed by atoms with van der Waals surface area (Å²) >= 11 is 0. The molecule has 84 valence electrons. The van der Waals surface area contributed by atoms with Gasteiger partial charge in [0.1, 0.15) is 5.75 Å². The van der Waals surface area contributed by atoms with Crippen LogP contribution < -0.4 is 0 Å². The van der Waals surface area contributed by atoms with Crippen LogP contribution in [0.5, 0.6) is 5.75 Å². The maximum atomic E-state index is 10.3. The van der Waals surface area contributed by atoms with E-state index in [9.17, 15) is 5.11 Å². The lowest BCUT2D eigenvalue weighted by molar-refractivity contribution is 0.453. The minimum Gasteiger partial charge on any atom is -0.507 e. The summed E-state index contributed by atoms with van der Waals surface area (Å²) in [5.74, 6) is 1.27. The summed E-state index contributed by atoms with van der Waals surface area (Å²) in [5.41, 5.74) is 4.60. The predicted octanol–water partition coefficient (Wildman–Crippen LogP) is 4.26. The van der Waals surface area contributed by atoms with Gasteiger partial charge in [-0.15, -0.1) is 0 Å². The maximum absolute atomic E-state index is 10.3. The van der Waals surface area contributed by atoms with Crippen molar-refractivity contribution < 1.29 is 5.11 Å². The Balaban J connectivity index is 3.49. The highest BCUT2D eigenvalue weighted by atomic mass is 16.3. The quantitative estimate of drug-likeness (QED) is 0.766. The molecule has 0 saturated carbocycles. The van der Waals surface area contributed by atoms with Crippen LogP contribution in [0.1, 0.15) is 61.8 Å². The minimum absolute atomic E-state index is 0.378. The van der Waals surface area contributed by atoms with E-state index in [2.05, 4.69) is 47.6 Å². The first-order chi connectivity index (χ1) is 6.86. The summed E-state index contributed by atoms with van der Waals surface area (Å²) in [6.45, 7) is 12.7. The Morgan fingerprint density at radius 2 is 1.20 bits per heavy atom. The second kappa shape index (κ2) is 4.26. The standard InChI is InChI=1S/C14H22O/c1-8(2)12-10(5)7-11(6)13(9(3)4)14(12)15/h7-9,15H,1-6H3. The van der Waals surface area contributed by atoms with E-state index in [1.165, 1.54) is 11.1 Å². The Kier molecular flexibility index (Phi) is 3.43. The number of phenolic OH excluding ortho intramolecular Hbond substituents is 1. The van der Waals surface area contributed by atoms with E-state index in [-0.39, 0.29) is 0 Å². The lowest BCUT2D eigenvalue weighted by atomic mass is 9.87. The maximum Gasteiger partial charge on any atom is 0.123 e. The van der Waals surface area contributed by atoms with Crippen LogP contribution in [0.15, 0.2) is 6.07 Å². The molecule has 0 atom stereocenters. The van der Waals surface area contributed by atoms with Crippen molar-refractivity contribution in [3.8, 4) is 5.75 Å². The Hall–Kier alpha value is -0.980. The fourth-order valence-electron chi connectivity index (χ4n) is 2.46. The van der Waals surface area contributed by atoms with Crippen molar-refractivity contribution in [2.75, 3.05) is 0 Å². The molecule has 0 bridgehead atoms. The van der Waals surface area contributed by atoms with Crippen LogP contribution in [-0.2, 0) is 0 Å². The van der Waals surface area contributed by atoms with Gasteiger partial charge in [-0.3, -0.25) is 0 Å². The zero-order valence-corrected chi connectivity index (χ0v) is 10.7. The molecular formula is C14H22O. The summed E-state index contributed by atoms with van der Waals surface area (Å²) in [4.78, 5) is 0. The molecule has 1 heteroatoms. The molecule has 0 amide bonds. The van der Waals surface area contributed by atoms with E-state index < -0.39 is 0 Å². The Bertz CT molecular complexity index is 330. The third kappa shape index (κ3) is 2.17. The van der Waals surface area contributed by atoms with Crippen LogP contribution in [0, 0.1) is 13.8 Å². The van der Waals surface area contributed by atoms with Crippen molar-refractivity contribution in [2.24, 2.45) is 0 Å². The van der Waals surface area contributed by atoms with Crippen molar-refractivity contribution >= 4 is 0 Å². The summed E-state index contributed by atoms with van der Waals surface area (Å²) < 4.78 is 0. The van der Waals surface area contributed by atoms with E-state index in [1.54, 1.807) is 0 Å². The fraction of sp³-hybridized carbons (Fsp3) is 0.571. The molecule has 15 heavy (non-hydrogen) atoms. The molecule has 0 heterocycles. The van der Waals surface area contributed by atoms with Gasteiger partial charge in [-0.25, -0.2) is 0 Å². The molecule has 1 rings (SSSR count). The molecule has 1 aromatic rings. The van der Waals surface area contributed by atoms with Gasteiger partial charge in [0.05, 0.1) is 0 Å². The Morgan fingerprint density at radius 3 is 1.47 bits per heavy atom. The second-order valence-electron chi connectivity index (χ2n) is 5.00. The first-order valence-electron chi connectivity index (χ1n) is 5.69. The van der Waals surface area contributed by atoms with Crippen molar-refractivity contribution in [3.63, 3.8) is 0 Å². The molecule has 0 radical (unpaired) electrons. The largest absolute Gasteiger partial charge is 0.507 e. The third-order valence-corrected chi connectivity index (χ3v) is 2.95. The van der Waals surface area contributed by atoms with Crippen molar-refractivity contribution in [2.45, 2.75) is 53.4 Å². The second-order valence-corrected chi connectivity index (χ2v) is 5.00.